The van der Waals surface area contributed by atoms with Gasteiger partial charge in [0.2, 0.25) is 0 Å². The number of alkyl halides is 1. The van der Waals surface area contributed by atoms with Crippen molar-refractivity contribution in [1.82, 2.24) is 0 Å². The molecule has 0 radical (unpaired) electrons. The molecule has 2 fully saturated rings. The molecule has 5 heteroatoms. The maximum atomic E-state index is 12.7. The second kappa shape index (κ2) is 3.91. The first-order valence-electron chi connectivity index (χ1n) is 5.10. The molecular weight excluding hydrogens is 221 g/mol. The summed E-state index contributed by atoms with van der Waals surface area (Å²) in [6.45, 7) is 2.12. The van der Waals surface area contributed by atoms with Gasteiger partial charge in [-0.1, -0.05) is 0 Å². The third-order valence-electron chi connectivity index (χ3n) is 3.37. The fourth-order valence-electron chi connectivity index (χ4n) is 2.87. The number of hydrogen-bond acceptors (Lipinski definition) is 3. The van der Waals surface area contributed by atoms with Gasteiger partial charge in [0.15, 0.2) is 0 Å². The van der Waals surface area contributed by atoms with Crippen LogP contribution in [-0.4, -0.2) is 24.3 Å². The topological polar surface area (TPSA) is 52.3 Å². The van der Waals surface area contributed by atoms with Gasteiger partial charge in [0, 0.05) is 0 Å². The number of nitrogens with two attached hydrogens (primary N) is 1. The summed E-state index contributed by atoms with van der Waals surface area (Å²) in [6.07, 6.45) is 1.66. The summed E-state index contributed by atoms with van der Waals surface area (Å²) in [5.41, 5.74) is 5.07. The van der Waals surface area contributed by atoms with Crippen molar-refractivity contribution in [2.24, 2.45) is 11.1 Å². The molecule has 2 rings (SSSR count). The Labute approximate surface area is 94.9 Å². The SMILES string of the molecule is CCOC(=O)C1(N)CC2(CC(F)C2)C1.Cl. The minimum absolute atomic E-state index is 0. The van der Waals surface area contributed by atoms with Crippen LogP contribution in [0, 0.1) is 5.41 Å². The third-order valence-corrected chi connectivity index (χ3v) is 3.37. The van der Waals surface area contributed by atoms with Crippen molar-refractivity contribution in [3.63, 3.8) is 0 Å². The Hall–Kier alpha value is -0.350. The van der Waals surface area contributed by atoms with Crippen LogP contribution in [0.3, 0.4) is 0 Å². The number of halogens is 2. The molecule has 0 aliphatic heterocycles. The van der Waals surface area contributed by atoms with Crippen LogP contribution in [0.4, 0.5) is 4.39 Å². The van der Waals surface area contributed by atoms with E-state index in [0.29, 0.717) is 32.3 Å². The lowest BCUT2D eigenvalue weighted by molar-refractivity contribution is -0.169. The Kier molecular flexibility index (Phi) is 3.31. The van der Waals surface area contributed by atoms with E-state index in [0.717, 1.165) is 0 Å². The molecule has 0 bridgehead atoms. The smallest absolute Gasteiger partial charge is 0.326 e. The molecule has 0 atom stereocenters. The highest BCUT2D eigenvalue weighted by atomic mass is 35.5. The molecule has 0 aromatic rings. The van der Waals surface area contributed by atoms with Crippen molar-refractivity contribution in [1.29, 1.82) is 0 Å². The minimum atomic E-state index is -0.823. The molecule has 2 aliphatic rings. The zero-order valence-electron chi connectivity index (χ0n) is 8.79. The molecule has 2 aliphatic carbocycles. The molecule has 1 spiro atoms. The van der Waals surface area contributed by atoms with E-state index in [1.165, 1.54) is 0 Å². The normalized spacial score (nSPS) is 42.5. The molecule has 2 N–H and O–H groups in total. The molecule has 0 heterocycles. The molecule has 0 aromatic heterocycles. The summed E-state index contributed by atoms with van der Waals surface area (Å²) in [4.78, 5) is 11.4. The van der Waals surface area contributed by atoms with Gasteiger partial charge in [0.25, 0.3) is 0 Å². The molecular formula is C10H17ClFNO2. The van der Waals surface area contributed by atoms with E-state index in [4.69, 9.17) is 10.5 Å². The van der Waals surface area contributed by atoms with Gasteiger partial charge >= 0.3 is 5.97 Å². The molecule has 3 nitrogen and oxygen atoms in total. The first kappa shape index (κ1) is 12.7. The van der Waals surface area contributed by atoms with E-state index in [9.17, 15) is 9.18 Å². The van der Waals surface area contributed by atoms with Crippen LogP contribution in [0.1, 0.15) is 32.6 Å². The summed E-state index contributed by atoms with van der Waals surface area (Å²) < 4.78 is 17.6. The standard InChI is InChI=1S/C10H16FNO2.ClH/c1-2-14-8(13)10(12)5-9(6-10)3-7(11)4-9;/h7H,2-6,12H2,1H3;1H. The average Bonchev–Trinajstić information content (AvgIpc) is 1.99. The quantitative estimate of drug-likeness (QED) is 0.742. The molecule has 0 unspecified atom stereocenters. The third kappa shape index (κ3) is 1.97. The highest BCUT2D eigenvalue weighted by Crippen LogP contribution is 2.60. The summed E-state index contributed by atoms with van der Waals surface area (Å²) in [6, 6.07) is 0. The van der Waals surface area contributed by atoms with Gasteiger partial charge in [-0.2, -0.15) is 0 Å². The average molecular weight is 238 g/mol. The largest absolute Gasteiger partial charge is 0.465 e. The molecule has 0 aromatic carbocycles. The molecule has 15 heavy (non-hydrogen) atoms. The van der Waals surface area contributed by atoms with E-state index < -0.39 is 11.7 Å². The fourth-order valence-corrected chi connectivity index (χ4v) is 2.87. The number of hydrogen-bond donors (Lipinski definition) is 1. The van der Waals surface area contributed by atoms with Gasteiger partial charge in [-0.05, 0) is 38.0 Å². The van der Waals surface area contributed by atoms with Crippen LogP contribution < -0.4 is 5.73 Å². The summed E-state index contributed by atoms with van der Waals surface area (Å²) in [5, 5.41) is 0. The van der Waals surface area contributed by atoms with Crippen molar-refractivity contribution in [2.75, 3.05) is 6.61 Å². The highest BCUT2D eigenvalue weighted by Gasteiger charge is 2.62. The number of ether oxygens (including phenoxy) is 1. The van der Waals surface area contributed by atoms with Crippen LogP contribution in [0.15, 0.2) is 0 Å². The predicted octanol–water partition coefficient (Wildman–Crippen LogP) is 1.58. The van der Waals surface area contributed by atoms with Crippen LogP contribution in [0.25, 0.3) is 0 Å². The zero-order valence-corrected chi connectivity index (χ0v) is 9.61. The minimum Gasteiger partial charge on any atom is -0.465 e. The van der Waals surface area contributed by atoms with Gasteiger partial charge in [-0.25, -0.2) is 4.39 Å². The summed E-state index contributed by atoms with van der Waals surface area (Å²) >= 11 is 0. The Balaban J connectivity index is 0.00000112. The highest BCUT2D eigenvalue weighted by molar-refractivity contribution is 5.85. The lowest BCUT2D eigenvalue weighted by atomic mass is 9.48. The molecule has 0 saturated heterocycles. The van der Waals surface area contributed by atoms with E-state index in [1.54, 1.807) is 6.92 Å². The van der Waals surface area contributed by atoms with Crippen molar-refractivity contribution < 1.29 is 13.9 Å². The lowest BCUT2D eigenvalue weighted by Gasteiger charge is -2.58. The number of carbonyl (C=O) groups is 1. The maximum absolute atomic E-state index is 12.7. The van der Waals surface area contributed by atoms with Gasteiger partial charge in [-0.3, -0.25) is 4.79 Å². The van der Waals surface area contributed by atoms with Crippen molar-refractivity contribution in [3.05, 3.63) is 0 Å². The van der Waals surface area contributed by atoms with Gasteiger partial charge < -0.3 is 10.5 Å². The van der Waals surface area contributed by atoms with E-state index in [1.807, 2.05) is 0 Å². The van der Waals surface area contributed by atoms with Crippen molar-refractivity contribution in [3.8, 4) is 0 Å². The second-order valence-corrected chi connectivity index (χ2v) is 4.74. The van der Waals surface area contributed by atoms with Crippen LogP contribution >= 0.6 is 12.4 Å². The van der Waals surface area contributed by atoms with E-state index in [-0.39, 0.29) is 23.8 Å². The number of carbonyl (C=O) groups excluding carboxylic acids is 1. The Bertz CT molecular complexity index is 258. The molecule has 0 amide bonds. The Morgan fingerprint density at radius 1 is 1.53 bits per heavy atom. The fraction of sp³-hybridized carbons (Fsp3) is 0.900. The molecule has 88 valence electrons. The second-order valence-electron chi connectivity index (χ2n) is 4.74. The van der Waals surface area contributed by atoms with Gasteiger partial charge in [-0.15, -0.1) is 12.4 Å². The van der Waals surface area contributed by atoms with Crippen molar-refractivity contribution >= 4 is 18.4 Å². The Morgan fingerprint density at radius 2 is 2.07 bits per heavy atom. The van der Waals surface area contributed by atoms with Crippen LogP contribution in [0.5, 0.6) is 0 Å². The predicted molar refractivity (Wildman–Crippen MR) is 56.6 cm³/mol. The monoisotopic (exact) mass is 237 g/mol. The lowest BCUT2D eigenvalue weighted by Crippen LogP contribution is -2.67. The summed E-state index contributed by atoms with van der Waals surface area (Å²) in [5.74, 6) is -0.326. The van der Waals surface area contributed by atoms with E-state index in [2.05, 4.69) is 0 Å². The van der Waals surface area contributed by atoms with E-state index >= 15 is 0 Å². The molecule has 2 saturated carbocycles. The number of esters is 1. The maximum Gasteiger partial charge on any atom is 0.326 e. The Morgan fingerprint density at radius 3 is 2.47 bits per heavy atom. The van der Waals surface area contributed by atoms with Crippen LogP contribution in [-0.2, 0) is 9.53 Å². The summed E-state index contributed by atoms with van der Waals surface area (Å²) in [7, 11) is 0. The first-order valence-corrected chi connectivity index (χ1v) is 5.10. The van der Waals surface area contributed by atoms with Crippen molar-refractivity contribution in [2.45, 2.75) is 44.3 Å². The number of rotatable bonds is 2. The first-order chi connectivity index (χ1) is 6.50. The van der Waals surface area contributed by atoms with Gasteiger partial charge in [0.05, 0.1) is 6.61 Å². The van der Waals surface area contributed by atoms with Crippen LogP contribution in [0.2, 0.25) is 0 Å². The zero-order chi connectivity index (χ0) is 10.4. The van der Waals surface area contributed by atoms with Gasteiger partial charge in [0.1, 0.15) is 11.7 Å².